The summed E-state index contributed by atoms with van der Waals surface area (Å²) in [6.45, 7) is 11.0. The summed E-state index contributed by atoms with van der Waals surface area (Å²) in [5.74, 6) is 1.59. The van der Waals surface area contributed by atoms with Crippen molar-refractivity contribution in [1.29, 1.82) is 0 Å². The van der Waals surface area contributed by atoms with Gasteiger partial charge in [-0.25, -0.2) is 4.98 Å². The number of hydrogen-bond acceptors (Lipinski definition) is 3. The SMILES string of the molecule is [2H]C([2H])([2H])N1[OH+]N(c2[c-]c(C(C)(C)c3[c-]c4c(cc3)c3ccccc3n4-c3cc(-c4c(C(C)C)cccc4C(C)C)ccn3)ccc2)c2ccccc21.[Pt]. The molecule has 51 heavy (non-hydrogen) atoms. The van der Waals surface area contributed by atoms with Gasteiger partial charge in [-0.1, -0.05) is 95.6 Å². The van der Waals surface area contributed by atoms with Gasteiger partial charge in [-0.15, -0.1) is 27.6 Å². The second-order valence-corrected chi connectivity index (χ2v) is 14.3. The van der Waals surface area contributed by atoms with Gasteiger partial charge in [0.15, 0.2) is 0 Å². The molecule has 0 radical (unpaired) electrons. The molecule has 5 nitrogen and oxygen atoms in total. The van der Waals surface area contributed by atoms with Crippen LogP contribution in [0.5, 0.6) is 0 Å². The van der Waals surface area contributed by atoms with E-state index in [-0.39, 0.29) is 21.1 Å². The van der Waals surface area contributed by atoms with Crippen molar-refractivity contribution in [3.8, 4) is 16.9 Å². The molecular weight excluding hydrogens is 808 g/mol. The topological polar surface area (TPSA) is 37.1 Å². The van der Waals surface area contributed by atoms with Gasteiger partial charge in [0.05, 0.1) is 11.1 Å². The van der Waals surface area contributed by atoms with Crippen LogP contribution in [0.15, 0.2) is 115 Å². The first-order chi connectivity index (χ1) is 25.3. The monoisotopic (exact) mass is 853 g/mol. The molecule has 0 fully saturated rings. The molecule has 6 heteroatoms. The van der Waals surface area contributed by atoms with Crippen molar-refractivity contribution in [1.82, 2.24) is 9.55 Å². The fourth-order valence-corrected chi connectivity index (χ4v) is 7.35. The van der Waals surface area contributed by atoms with E-state index < -0.39 is 12.4 Å². The zero-order chi connectivity index (χ0) is 37.2. The third-order valence-electron chi connectivity index (χ3n) is 10.1. The molecule has 0 spiro atoms. The molecule has 1 aliphatic heterocycles. The van der Waals surface area contributed by atoms with Gasteiger partial charge >= 0.3 is 0 Å². The minimum absolute atomic E-state index is 0. The van der Waals surface area contributed by atoms with Gasteiger partial charge in [-0.3, -0.25) is 0 Å². The van der Waals surface area contributed by atoms with E-state index in [1.165, 1.54) is 16.7 Å². The van der Waals surface area contributed by atoms with Crippen LogP contribution in [0.1, 0.15) is 79.7 Å². The van der Waals surface area contributed by atoms with Crippen molar-refractivity contribution in [3.63, 3.8) is 0 Å². The fourth-order valence-electron chi connectivity index (χ4n) is 7.35. The zero-order valence-corrected chi connectivity index (χ0v) is 31.9. The van der Waals surface area contributed by atoms with Crippen LogP contribution < -0.4 is 10.1 Å². The van der Waals surface area contributed by atoms with Gasteiger partial charge in [0, 0.05) is 38.5 Å². The fraction of sp³-hybridized carbons (Fsp3) is 0.222. The molecule has 0 bridgehead atoms. The van der Waals surface area contributed by atoms with Crippen LogP contribution in [0.3, 0.4) is 0 Å². The normalized spacial score (nSPS) is 14.2. The summed E-state index contributed by atoms with van der Waals surface area (Å²) in [6, 6.07) is 44.6. The Kier molecular flexibility index (Phi) is 8.19. The quantitative estimate of drug-likeness (QED) is 0.118. The van der Waals surface area contributed by atoms with E-state index in [0.29, 0.717) is 28.9 Å². The maximum Gasteiger partial charge on any atom is 0.145 e. The number of anilines is 3. The molecule has 0 aliphatic carbocycles. The van der Waals surface area contributed by atoms with Crippen LogP contribution in [0.4, 0.5) is 17.1 Å². The molecule has 2 aromatic heterocycles. The van der Waals surface area contributed by atoms with Gasteiger partial charge < -0.3 is 4.57 Å². The van der Waals surface area contributed by atoms with Crippen molar-refractivity contribution in [2.45, 2.75) is 58.8 Å². The number of benzene rings is 5. The number of fused-ring (bicyclic) bond motifs is 4. The van der Waals surface area contributed by atoms with Gasteiger partial charge in [-0.05, 0) is 75.2 Å². The number of hydrogen-bond donors (Lipinski definition) is 0. The number of rotatable bonds is 7. The second kappa shape index (κ2) is 13.4. The molecule has 1 aliphatic rings. The minimum atomic E-state index is -2.42. The van der Waals surface area contributed by atoms with E-state index in [1.807, 2.05) is 36.5 Å². The molecule has 8 rings (SSSR count). The molecule has 3 heterocycles. The third-order valence-corrected chi connectivity index (χ3v) is 10.1. The number of nitrogens with zero attached hydrogens (tertiary/aromatic N) is 4. The van der Waals surface area contributed by atoms with Crippen molar-refractivity contribution in [2.75, 3.05) is 17.1 Å². The van der Waals surface area contributed by atoms with Crippen molar-refractivity contribution in [3.05, 3.63) is 150 Å². The molecule has 5 aromatic carbocycles. The van der Waals surface area contributed by atoms with Crippen LogP contribution in [0, 0.1) is 12.1 Å². The summed E-state index contributed by atoms with van der Waals surface area (Å²) in [4.78, 5) is 9.50. The Morgan fingerprint density at radius 3 is 2.16 bits per heavy atom. The Morgan fingerprint density at radius 2 is 1.41 bits per heavy atom. The Bertz CT molecular complexity index is 2480. The first kappa shape index (κ1) is 31.1. The van der Waals surface area contributed by atoms with Crippen LogP contribution in [0.2, 0.25) is 0 Å². The van der Waals surface area contributed by atoms with Gasteiger partial charge in [0.25, 0.3) is 0 Å². The molecule has 0 atom stereocenters. The van der Waals surface area contributed by atoms with E-state index in [0.717, 1.165) is 49.4 Å². The Balaban J connectivity index is 0.00000450. The average Bonchev–Trinajstić information content (AvgIpc) is 3.71. The Hall–Kier alpha value is -4.70. The molecule has 0 saturated heterocycles. The standard InChI is InChI=1S/C45H42N4O.Pt/c1-29(2)35-17-13-18-36(30(3)4)44(35)31-24-25-46-43(26-31)48-39-19-9-8-16-37(39)38-23-22-33(28-42(38)48)45(5,6)32-14-12-15-34(27-32)49-41-21-11-10-20-40(41)47(7)50-49;/h8-26,29-30H,1-7H3;/q-2;/p+1/i7D3;. The summed E-state index contributed by atoms with van der Waals surface area (Å²) >= 11 is 0. The third kappa shape index (κ3) is 5.87. The average molecular weight is 854 g/mol. The molecular formula is C45H43N4OPt-. The summed E-state index contributed by atoms with van der Waals surface area (Å²) in [6.07, 6.45) is 1.93. The van der Waals surface area contributed by atoms with Crippen molar-refractivity contribution < 1.29 is 30.1 Å². The van der Waals surface area contributed by atoms with Crippen molar-refractivity contribution >= 4 is 38.9 Å². The van der Waals surface area contributed by atoms with Gasteiger partial charge in [-0.2, -0.15) is 46.4 Å². The second-order valence-electron chi connectivity index (χ2n) is 14.3. The van der Waals surface area contributed by atoms with E-state index in [2.05, 4.69) is 136 Å². The minimum Gasteiger partial charge on any atom is -0.319 e. The largest absolute Gasteiger partial charge is 0.319 e. The first-order valence-electron chi connectivity index (χ1n) is 18.8. The molecule has 260 valence electrons. The molecule has 0 saturated carbocycles. The Labute approximate surface area is 319 Å². The molecule has 0 amide bonds. The number of pyridine rings is 1. The van der Waals surface area contributed by atoms with Crippen molar-refractivity contribution in [2.24, 2.45) is 0 Å². The van der Waals surface area contributed by atoms with E-state index >= 15 is 0 Å². The van der Waals surface area contributed by atoms with E-state index in [1.54, 1.807) is 11.1 Å². The first-order valence-corrected chi connectivity index (χ1v) is 17.3. The summed E-state index contributed by atoms with van der Waals surface area (Å²) in [5, 5.41) is 5.00. The van der Waals surface area contributed by atoms with Gasteiger partial charge in [0.2, 0.25) is 0 Å². The molecule has 1 N–H and O–H groups in total. The molecule has 0 unspecified atom stereocenters. The van der Waals surface area contributed by atoms with E-state index in [4.69, 9.17) is 9.10 Å². The van der Waals surface area contributed by atoms with E-state index in [9.17, 15) is 0 Å². The number of para-hydroxylation sites is 3. The number of aromatic nitrogens is 2. The maximum absolute atomic E-state index is 8.08. The van der Waals surface area contributed by atoms with Crippen LogP contribution >= 0.6 is 0 Å². The molecule has 7 aromatic rings. The predicted molar refractivity (Wildman–Crippen MR) is 207 cm³/mol. The predicted octanol–water partition coefficient (Wildman–Crippen LogP) is 11.4. The smallest absolute Gasteiger partial charge is 0.145 e. The van der Waals surface area contributed by atoms with Crippen LogP contribution in [-0.4, -0.2) is 21.5 Å². The Morgan fingerprint density at radius 1 is 0.725 bits per heavy atom. The van der Waals surface area contributed by atoms with Crippen LogP contribution in [-0.2, 0) is 26.5 Å². The maximum atomic E-state index is 8.08. The summed E-state index contributed by atoms with van der Waals surface area (Å²) in [5.41, 5.74) is 10.4. The van der Waals surface area contributed by atoms with Gasteiger partial charge in [0.1, 0.15) is 17.2 Å². The number of hydroxylamine groups is 1. The van der Waals surface area contributed by atoms with Crippen LogP contribution in [0.25, 0.3) is 38.8 Å². The summed E-state index contributed by atoms with van der Waals surface area (Å²) < 4.78 is 26.5. The zero-order valence-electron chi connectivity index (χ0n) is 32.7. The summed E-state index contributed by atoms with van der Waals surface area (Å²) in [7, 11) is 0.